The first-order chi connectivity index (χ1) is 13.0. The lowest BCUT2D eigenvalue weighted by Gasteiger charge is -2.16. The zero-order valence-corrected chi connectivity index (χ0v) is 16.7. The van der Waals surface area contributed by atoms with Crippen molar-refractivity contribution in [2.24, 2.45) is 11.7 Å². The molecule has 0 spiro atoms. The van der Waals surface area contributed by atoms with Gasteiger partial charge in [0, 0.05) is 37.3 Å². The molecule has 0 saturated carbocycles. The number of nitrogens with one attached hydrogen (secondary N) is 2. The molecule has 2 aromatic rings. The van der Waals surface area contributed by atoms with Gasteiger partial charge in [-0.05, 0) is 42.3 Å². The van der Waals surface area contributed by atoms with E-state index in [1.54, 1.807) is 24.3 Å². The van der Waals surface area contributed by atoms with E-state index in [4.69, 9.17) is 5.73 Å². The van der Waals surface area contributed by atoms with Crippen molar-refractivity contribution in [3.63, 3.8) is 0 Å². The molecule has 7 heteroatoms. The topological polar surface area (TPSA) is 87.5 Å². The van der Waals surface area contributed by atoms with Crippen LogP contribution < -0.4 is 16.4 Å². The third-order valence-electron chi connectivity index (χ3n) is 4.90. The van der Waals surface area contributed by atoms with Gasteiger partial charge in [-0.2, -0.15) is 0 Å². The SMILES string of the molecule is CC(=O)Nc1ccc(NC(=O)CN2C[C@@H](CN)[C@H](c3ccccc3)C2)cc1.Cl. The standard InChI is InChI=1S/C21H26N4O2.ClH/c1-15(26)23-18-7-9-19(10-8-18)24-21(27)14-25-12-17(11-22)20(13-25)16-5-3-2-4-6-16;/h2-10,17,20H,11-14,22H2,1H3,(H,23,26)(H,24,27);1H/t17-,20+;/m1./s1. The maximum absolute atomic E-state index is 12.4. The molecule has 0 radical (unpaired) electrons. The average molecular weight is 403 g/mol. The lowest BCUT2D eigenvalue weighted by molar-refractivity contribution is -0.117. The van der Waals surface area contributed by atoms with Crippen LogP contribution in [0.3, 0.4) is 0 Å². The summed E-state index contributed by atoms with van der Waals surface area (Å²) in [5, 5.41) is 5.62. The monoisotopic (exact) mass is 402 g/mol. The van der Waals surface area contributed by atoms with Gasteiger partial charge in [0.15, 0.2) is 0 Å². The van der Waals surface area contributed by atoms with E-state index in [0.717, 1.165) is 13.1 Å². The predicted octanol–water partition coefficient (Wildman–Crippen LogP) is 2.68. The second kappa shape index (κ2) is 10.2. The van der Waals surface area contributed by atoms with Gasteiger partial charge in [-0.25, -0.2) is 0 Å². The Morgan fingerprint density at radius 3 is 2.18 bits per heavy atom. The fraction of sp³-hybridized carbons (Fsp3) is 0.333. The van der Waals surface area contributed by atoms with Crippen LogP contribution in [0.2, 0.25) is 0 Å². The van der Waals surface area contributed by atoms with Crippen molar-refractivity contribution < 1.29 is 9.59 Å². The Labute approximate surface area is 171 Å². The highest BCUT2D eigenvalue weighted by Crippen LogP contribution is 2.31. The van der Waals surface area contributed by atoms with Crippen LogP contribution in [-0.2, 0) is 9.59 Å². The fourth-order valence-corrected chi connectivity index (χ4v) is 3.65. The van der Waals surface area contributed by atoms with Crippen molar-refractivity contribution in [1.29, 1.82) is 0 Å². The molecule has 1 saturated heterocycles. The molecule has 1 heterocycles. The molecule has 1 aliphatic heterocycles. The van der Waals surface area contributed by atoms with Crippen LogP contribution >= 0.6 is 12.4 Å². The molecule has 0 bridgehead atoms. The Bertz CT molecular complexity index is 783. The summed E-state index contributed by atoms with van der Waals surface area (Å²) in [5.74, 6) is 0.549. The van der Waals surface area contributed by atoms with Crippen LogP contribution in [0.25, 0.3) is 0 Å². The van der Waals surface area contributed by atoms with Gasteiger partial charge in [0.2, 0.25) is 11.8 Å². The number of hydrogen-bond donors (Lipinski definition) is 3. The third-order valence-corrected chi connectivity index (χ3v) is 4.90. The van der Waals surface area contributed by atoms with Gasteiger partial charge in [-0.15, -0.1) is 12.4 Å². The second-order valence-electron chi connectivity index (χ2n) is 7.01. The van der Waals surface area contributed by atoms with Crippen LogP contribution in [-0.4, -0.2) is 42.9 Å². The Morgan fingerprint density at radius 1 is 1.00 bits per heavy atom. The largest absolute Gasteiger partial charge is 0.330 e. The summed E-state index contributed by atoms with van der Waals surface area (Å²) in [5.41, 5.74) is 8.67. The second-order valence-corrected chi connectivity index (χ2v) is 7.01. The van der Waals surface area contributed by atoms with E-state index in [1.807, 2.05) is 18.2 Å². The molecule has 1 aliphatic rings. The maximum Gasteiger partial charge on any atom is 0.238 e. The lowest BCUT2D eigenvalue weighted by Crippen LogP contribution is -2.32. The summed E-state index contributed by atoms with van der Waals surface area (Å²) in [6, 6.07) is 17.5. The summed E-state index contributed by atoms with van der Waals surface area (Å²) >= 11 is 0. The van der Waals surface area contributed by atoms with Gasteiger partial charge < -0.3 is 16.4 Å². The van der Waals surface area contributed by atoms with E-state index in [1.165, 1.54) is 12.5 Å². The molecule has 3 rings (SSSR count). The molecule has 1 fully saturated rings. The van der Waals surface area contributed by atoms with Gasteiger partial charge in [0.1, 0.15) is 0 Å². The molecule has 0 aromatic heterocycles. The average Bonchev–Trinajstić information content (AvgIpc) is 3.06. The number of benzene rings is 2. The molecular weight excluding hydrogens is 376 g/mol. The first-order valence-corrected chi connectivity index (χ1v) is 9.20. The zero-order valence-electron chi connectivity index (χ0n) is 15.9. The first kappa shape index (κ1) is 21.9. The summed E-state index contributed by atoms with van der Waals surface area (Å²) in [7, 11) is 0. The molecule has 6 nitrogen and oxygen atoms in total. The van der Waals surface area contributed by atoms with E-state index >= 15 is 0 Å². The highest BCUT2D eigenvalue weighted by molar-refractivity contribution is 5.93. The Morgan fingerprint density at radius 2 is 1.61 bits per heavy atom. The number of likely N-dealkylation sites (tertiary alicyclic amines) is 1. The number of halogens is 1. The normalized spacial score (nSPS) is 18.9. The fourth-order valence-electron chi connectivity index (χ4n) is 3.65. The van der Waals surface area contributed by atoms with Crippen LogP contribution in [0, 0.1) is 5.92 Å². The first-order valence-electron chi connectivity index (χ1n) is 9.20. The number of nitrogens with two attached hydrogens (primary N) is 1. The number of anilines is 2. The number of nitrogens with zero attached hydrogens (tertiary/aromatic N) is 1. The lowest BCUT2D eigenvalue weighted by atomic mass is 9.89. The highest BCUT2D eigenvalue weighted by Gasteiger charge is 2.33. The van der Waals surface area contributed by atoms with Gasteiger partial charge in [-0.3, -0.25) is 14.5 Å². The van der Waals surface area contributed by atoms with Crippen molar-refractivity contribution in [3.05, 3.63) is 60.2 Å². The number of carbonyl (C=O) groups excluding carboxylic acids is 2. The Hall–Kier alpha value is -2.41. The highest BCUT2D eigenvalue weighted by atomic mass is 35.5. The molecular formula is C21H27ClN4O2. The van der Waals surface area contributed by atoms with Gasteiger partial charge in [-0.1, -0.05) is 30.3 Å². The number of rotatable bonds is 6. The summed E-state index contributed by atoms with van der Waals surface area (Å²) in [4.78, 5) is 25.6. The Balaban J connectivity index is 0.00000280. The molecule has 4 N–H and O–H groups in total. The molecule has 28 heavy (non-hydrogen) atoms. The molecule has 2 aromatic carbocycles. The quantitative estimate of drug-likeness (QED) is 0.693. The number of carbonyl (C=O) groups is 2. The Kier molecular flexibility index (Phi) is 7.99. The summed E-state index contributed by atoms with van der Waals surface area (Å²) in [6.07, 6.45) is 0. The van der Waals surface area contributed by atoms with Crippen molar-refractivity contribution in [2.75, 3.05) is 36.8 Å². The zero-order chi connectivity index (χ0) is 19.2. The van der Waals surface area contributed by atoms with E-state index in [9.17, 15) is 9.59 Å². The van der Waals surface area contributed by atoms with Crippen molar-refractivity contribution in [3.8, 4) is 0 Å². The minimum atomic E-state index is -0.122. The van der Waals surface area contributed by atoms with Crippen LogP contribution in [0.4, 0.5) is 11.4 Å². The van der Waals surface area contributed by atoms with Crippen molar-refractivity contribution >= 4 is 35.6 Å². The predicted molar refractivity (Wildman–Crippen MR) is 115 cm³/mol. The van der Waals surface area contributed by atoms with Crippen molar-refractivity contribution in [2.45, 2.75) is 12.8 Å². The van der Waals surface area contributed by atoms with E-state index in [2.05, 4.69) is 27.7 Å². The molecule has 2 atom stereocenters. The van der Waals surface area contributed by atoms with E-state index < -0.39 is 0 Å². The van der Waals surface area contributed by atoms with Crippen LogP contribution in [0.5, 0.6) is 0 Å². The molecule has 0 aliphatic carbocycles. The summed E-state index contributed by atoms with van der Waals surface area (Å²) < 4.78 is 0. The molecule has 150 valence electrons. The molecule has 0 unspecified atom stereocenters. The van der Waals surface area contributed by atoms with Crippen molar-refractivity contribution in [1.82, 2.24) is 4.90 Å². The van der Waals surface area contributed by atoms with Crippen LogP contribution in [0.1, 0.15) is 18.4 Å². The number of amides is 2. The molecule has 2 amide bonds. The minimum Gasteiger partial charge on any atom is -0.330 e. The van der Waals surface area contributed by atoms with Crippen LogP contribution in [0.15, 0.2) is 54.6 Å². The summed E-state index contributed by atoms with van der Waals surface area (Å²) in [6.45, 7) is 4.07. The van der Waals surface area contributed by atoms with Gasteiger partial charge >= 0.3 is 0 Å². The van der Waals surface area contributed by atoms with Gasteiger partial charge in [0.25, 0.3) is 0 Å². The van der Waals surface area contributed by atoms with E-state index in [0.29, 0.717) is 36.3 Å². The third kappa shape index (κ3) is 5.79. The smallest absolute Gasteiger partial charge is 0.238 e. The van der Waals surface area contributed by atoms with Gasteiger partial charge in [0.05, 0.1) is 6.54 Å². The minimum absolute atomic E-state index is 0. The van der Waals surface area contributed by atoms with E-state index in [-0.39, 0.29) is 24.2 Å². The number of hydrogen-bond acceptors (Lipinski definition) is 4. The maximum atomic E-state index is 12.4.